The first-order valence-corrected chi connectivity index (χ1v) is 8.05. The molecule has 3 heteroatoms. The third kappa shape index (κ3) is 2.36. The van der Waals surface area contributed by atoms with Crippen LogP contribution in [0.25, 0.3) is 0 Å². The zero-order valence-corrected chi connectivity index (χ0v) is 13.6. The Hall–Kier alpha value is -1.06. The number of aromatic hydroxyl groups is 1. The molecule has 1 aliphatic heterocycles. The lowest BCUT2D eigenvalue weighted by molar-refractivity contribution is -0.00624. The highest BCUT2D eigenvalue weighted by Gasteiger charge is 2.48. The number of hydrogen-bond acceptors (Lipinski definition) is 3. The van der Waals surface area contributed by atoms with Gasteiger partial charge in [-0.1, -0.05) is 19.9 Å². The van der Waals surface area contributed by atoms with Crippen molar-refractivity contribution >= 4 is 0 Å². The first-order chi connectivity index (χ1) is 9.95. The van der Waals surface area contributed by atoms with Gasteiger partial charge in [0.1, 0.15) is 5.75 Å². The summed E-state index contributed by atoms with van der Waals surface area (Å²) in [6.45, 7) is 9.02. The van der Waals surface area contributed by atoms with Crippen molar-refractivity contribution in [3.05, 3.63) is 29.3 Å². The fourth-order valence-corrected chi connectivity index (χ4v) is 4.33. The van der Waals surface area contributed by atoms with Crippen LogP contribution in [0.1, 0.15) is 38.3 Å². The fraction of sp³-hybridized carbons (Fsp3) is 0.667. The Bertz CT molecular complexity index is 530. The van der Waals surface area contributed by atoms with Gasteiger partial charge in [-0.25, -0.2) is 0 Å². The lowest BCUT2D eigenvalue weighted by Crippen LogP contribution is -2.59. The highest BCUT2D eigenvalue weighted by Crippen LogP contribution is 2.49. The molecule has 4 atom stereocenters. The lowest BCUT2D eigenvalue weighted by Gasteiger charge is -2.55. The average molecular weight is 289 g/mol. The summed E-state index contributed by atoms with van der Waals surface area (Å²) in [4.78, 5) is 2.61. The minimum atomic E-state index is 0.184. The predicted molar refractivity (Wildman–Crippen MR) is 84.8 cm³/mol. The molecule has 0 aromatic heterocycles. The number of piperidine rings is 1. The standard InChI is InChI=1S/C18H27NO2/c1-12(21-4)11-19-8-7-18(3)13(2)17(19)9-14-5-6-15(20)10-16(14)18/h5-6,10,12-13,17,20H,7-9,11H2,1-4H3/t12-,13+,17+,18+/m1/s1. The topological polar surface area (TPSA) is 32.7 Å². The largest absolute Gasteiger partial charge is 0.508 e. The Kier molecular flexibility index (Phi) is 3.74. The summed E-state index contributed by atoms with van der Waals surface area (Å²) < 4.78 is 5.46. The van der Waals surface area contributed by atoms with Crippen LogP contribution in [0.5, 0.6) is 5.75 Å². The van der Waals surface area contributed by atoms with E-state index in [-0.39, 0.29) is 11.5 Å². The third-order valence-corrected chi connectivity index (χ3v) is 6.00. The smallest absolute Gasteiger partial charge is 0.115 e. The Morgan fingerprint density at radius 1 is 1.48 bits per heavy atom. The zero-order valence-electron chi connectivity index (χ0n) is 13.6. The molecule has 1 fully saturated rings. The summed E-state index contributed by atoms with van der Waals surface area (Å²) >= 11 is 0. The van der Waals surface area contributed by atoms with Crippen LogP contribution < -0.4 is 0 Å². The van der Waals surface area contributed by atoms with Gasteiger partial charge in [-0.15, -0.1) is 0 Å². The number of benzene rings is 1. The van der Waals surface area contributed by atoms with E-state index in [4.69, 9.17) is 4.74 Å². The summed E-state index contributed by atoms with van der Waals surface area (Å²) in [6, 6.07) is 6.52. The Labute approximate surface area is 127 Å². The lowest BCUT2D eigenvalue weighted by atomic mass is 9.59. The first-order valence-electron chi connectivity index (χ1n) is 8.05. The molecule has 1 saturated heterocycles. The number of methoxy groups -OCH3 is 1. The molecule has 21 heavy (non-hydrogen) atoms. The van der Waals surface area contributed by atoms with Crippen LogP contribution in [-0.2, 0) is 16.6 Å². The van der Waals surface area contributed by atoms with Gasteiger partial charge in [0.15, 0.2) is 0 Å². The molecule has 3 rings (SSSR count). The molecular formula is C18H27NO2. The van der Waals surface area contributed by atoms with Crippen molar-refractivity contribution in [2.45, 2.75) is 51.2 Å². The second-order valence-electron chi connectivity index (χ2n) is 7.11. The van der Waals surface area contributed by atoms with Gasteiger partial charge in [-0.3, -0.25) is 4.90 Å². The quantitative estimate of drug-likeness (QED) is 0.928. The maximum atomic E-state index is 9.86. The van der Waals surface area contributed by atoms with Crippen molar-refractivity contribution in [1.82, 2.24) is 4.90 Å². The minimum Gasteiger partial charge on any atom is -0.508 e. The summed E-state index contributed by atoms with van der Waals surface area (Å²) in [6.07, 6.45) is 2.52. The van der Waals surface area contributed by atoms with E-state index in [0.29, 0.717) is 17.7 Å². The average Bonchev–Trinajstić information content (AvgIpc) is 2.46. The monoisotopic (exact) mass is 289 g/mol. The zero-order chi connectivity index (χ0) is 15.2. The number of phenolic OH excluding ortho intramolecular Hbond substituents is 1. The van der Waals surface area contributed by atoms with Crippen LogP contribution in [0.4, 0.5) is 0 Å². The van der Waals surface area contributed by atoms with E-state index in [0.717, 1.165) is 25.9 Å². The van der Waals surface area contributed by atoms with Crippen LogP contribution in [0, 0.1) is 5.92 Å². The highest BCUT2D eigenvalue weighted by molar-refractivity contribution is 5.44. The van der Waals surface area contributed by atoms with Crippen molar-refractivity contribution in [2.75, 3.05) is 20.2 Å². The van der Waals surface area contributed by atoms with Crippen molar-refractivity contribution in [3.8, 4) is 5.75 Å². The normalized spacial score (nSPS) is 33.5. The summed E-state index contributed by atoms with van der Waals surface area (Å²) in [5, 5.41) is 9.86. The predicted octanol–water partition coefficient (Wildman–Crippen LogP) is 2.95. The molecular weight excluding hydrogens is 262 g/mol. The molecule has 0 spiro atoms. The molecule has 3 nitrogen and oxygen atoms in total. The fourth-order valence-electron chi connectivity index (χ4n) is 4.33. The van der Waals surface area contributed by atoms with E-state index < -0.39 is 0 Å². The number of phenols is 1. The number of rotatable bonds is 3. The second-order valence-corrected chi connectivity index (χ2v) is 7.11. The van der Waals surface area contributed by atoms with Crippen molar-refractivity contribution < 1.29 is 9.84 Å². The number of nitrogens with zero attached hydrogens (tertiary/aromatic N) is 1. The number of likely N-dealkylation sites (tertiary alicyclic amines) is 1. The van der Waals surface area contributed by atoms with E-state index in [1.807, 2.05) is 12.1 Å². The van der Waals surface area contributed by atoms with Gasteiger partial charge in [0, 0.05) is 19.7 Å². The Morgan fingerprint density at radius 2 is 2.24 bits per heavy atom. The molecule has 116 valence electrons. The molecule has 2 aliphatic rings. The van der Waals surface area contributed by atoms with Crippen LogP contribution in [0.3, 0.4) is 0 Å². The van der Waals surface area contributed by atoms with Gasteiger partial charge in [-0.2, -0.15) is 0 Å². The van der Waals surface area contributed by atoms with Crippen LogP contribution in [0.2, 0.25) is 0 Å². The minimum absolute atomic E-state index is 0.184. The van der Waals surface area contributed by atoms with Gasteiger partial charge in [0.2, 0.25) is 0 Å². The molecule has 0 unspecified atom stereocenters. The van der Waals surface area contributed by atoms with Crippen LogP contribution >= 0.6 is 0 Å². The number of hydrogen-bond donors (Lipinski definition) is 1. The molecule has 0 amide bonds. The van der Waals surface area contributed by atoms with E-state index >= 15 is 0 Å². The van der Waals surface area contributed by atoms with Gasteiger partial charge >= 0.3 is 0 Å². The summed E-state index contributed by atoms with van der Waals surface area (Å²) in [5.41, 5.74) is 2.96. The summed E-state index contributed by atoms with van der Waals surface area (Å²) in [7, 11) is 1.79. The molecule has 1 N–H and O–H groups in total. The number of ether oxygens (including phenoxy) is 1. The summed E-state index contributed by atoms with van der Waals surface area (Å²) in [5.74, 6) is 1.00. The van der Waals surface area contributed by atoms with Gasteiger partial charge in [0.25, 0.3) is 0 Å². The van der Waals surface area contributed by atoms with E-state index in [1.165, 1.54) is 11.1 Å². The maximum Gasteiger partial charge on any atom is 0.115 e. The van der Waals surface area contributed by atoms with E-state index in [9.17, 15) is 5.11 Å². The second kappa shape index (κ2) is 5.29. The Balaban J connectivity index is 1.94. The van der Waals surface area contributed by atoms with Crippen molar-refractivity contribution in [2.24, 2.45) is 5.92 Å². The molecule has 0 radical (unpaired) electrons. The van der Waals surface area contributed by atoms with Crippen LogP contribution in [-0.4, -0.2) is 42.4 Å². The number of fused-ring (bicyclic) bond motifs is 4. The van der Waals surface area contributed by atoms with Gasteiger partial charge in [0.05, 0.1) is 6.10 Å². The molecule has 1 heterocycles. The van der Waals surface area contributed by atoms with Crippen LogP contribution in [0.15, 0.2) is 18.2 Å². The molecule has 0 saturated carbocycles. The molecule has 2 bridgehead atoms. The van der Waals surface area contributed by atoms with E-state index in [2.05, 4.69) is 31.7 Å². The third-order valence-electron chi connectivity index (χ3n) is 6.00. The molecule has 1 aliphatic carbocycles. The van der Waals surface area contributed by atoms with E-state index in [1.54, 1.807) is 7.11 Å². The van der Waals surface area contributed by atoms with Gasteiger partial charge < -0.3 is 9.84 Å². The van der Waals surface area contributed by atoms with Crippen molar-refractivity contribution in [3.63, 3.8) is 0 Å². The first kappa shape index (κ1) is 14.9. The molecule has 1 aromatic rings. The SMILES string of the molecule is CO[C@H](C)CN1CC[C@]2(C)c3cc(O)ccc3C[C@H]1[C@@H]2C. The molecule has 1 aromatic carbocycles. The van der Waals surface area contributed by atoms with Gasteiger partial charge in [-0.05, 0) is 60.9 Å². The highest BCUT2D eigenvalue weighted by atomic mass is 16.5. The van der Waals surface area contributed by atoms with Crippen molar-refractivity contribution in [1.29, 1.82) is 0 Å². The Morgan fingerprint density at radius 3 is 2.95 bits per heavy atom. The maximum absolute atomic E-state index is 9.86.